The van der Waals surface area contributed by atoms with E-state index in [1.165, 1.54) is 27.0 Å². The first kappa shape index (κ1) is 11.4. The van der Waals surface area contributed by atoms with E-state index < -0.39 is 0 Å². The van der Waals surface area contributed by atoms with E-state index in [0.29, 0.717) is 11.5 Å². The second-order valence-corrected chi connectivity index (χ2v) is 6.01. The summed E-state index contributed by atoms with van der Waals surface area (Å²) in [6.45, 7) is 6.83. The Morgan fingerprint density at radius 3 is 2.25 bits per heavy atom. The van der Waals surface area contributed by atoms with E-state index in [1.807, 2.05) is 0 Å². The number of hydrogen-bond donors (Lipinski definition) is 0. The molecule has 0 spiro atoms. The van der Waals surface area contributed by atoms with Crippen molar-refractivity contribution < 1.29 is 0 Å². The Kier molecular flexibility index (Phi) is 3.15. The van der Waals surface area contributed by atoms with E-state index in [4.69, 9.17) is 0 Å². The zero-order valence-electron chi connectivity index (χ0n) is 10.6. The van der Waals surface area contributed by atoms with Crippen molar-refractivity contribution in [1.29, 1.82) is 0 Å². The highest BCUT2D eigenvalue weighted by Gasteiger charge is 2.23. The van der Waals surface area contributed by atoms with Crippen LogP contribution < -0.4 is 0 Å². The van der Waals surface area contributed by atoms with Crippen molar-refractivity contribution >= 4 is 10.2 Å². The number of benzene rings is 1. The van der Waals surface area contributed by atoms with Crippen LogP contribution in [0.3, 0.4) is 0 Å². The topological polar surface area (TPSA) is 0 Å². The van der Waals surface area contributed by atoms with Gasteiger partial charge in [-0.25, -0.2) is 0 Å². The minimum absolute atomic E-state index is 0.628. The van der Waals surface area contributed by atoms with Gasteiger partial charge in [0.25, 0.3) is 0 Å². The monoisotopic (exact) mass is 228 g/mol. The van der Waals surface area contributed by atoms with Crippen molar-refractivity contribution in [3.05, 3.63) is 58.7 Å². The third-order valence-electron chi connectivity index (χ3n) is 3.78. The molecule has 1 aromatic carbocycles. The van der Waals surface area contributed by atoms with Crippen LogP contribution in [0.2, 0.25) is 0 Å². The van der Waals surface area contributed by atoms with Gasteiger partial charge >= 0.3 is 0 Å². The molecule has 0 nitrogen and oxygen atoms in total. The zero-order valence-corrected chi connectivity index (χ0v) is 12.6. The van der Waals surface area contributed by atoms with E-state index in [0.717, 1.165) is 0 Å². The molecule has 2 atom stereocenters. The van der Waals surface area contributed by atoms with Crippen LogP contribution in [0.5, 0.6) is 0 Å². The van der Waals surface area contributed by atoms with Crippen molar-refractivity contribution in [2.24, 2.45) is 5.92 Å². The van der Waals surface area contributed by atoms with Gasteiger partial charge in [-0.3, -0.25) is 0 Å². The summed E-state index contributed by atoms with van der Waals surface area (Å²) < 4.78 is 0. The van der Waals surface area contributed by atoms with Crippen LogP contribution in [0.15, 0.2) is 53.1 Å². The van der Waals surface area contributed by atoms with Gasteiger partial charge in [0.05, 0.1) is 0 Å². The van der Waals surface area contributed by atoms with Crippen LogP contribution in [0.25, 0.3) is 0 Å². The minimum Gasteiger partial charge on any atom is -0.0744 e. The molecule has 2 rings (SSSR count). The molecule has 0 amide bonds. The van der Waals surface area contributed by atoms with Gasteiger partial charge in [0, 0.05) is 10.2 Å². The van der Waals surface area contributed by atoms with E-state index >= 15 is 0 Å². The van der Waals surface area contributed by atoms with Gasteiger partial charge in [0.2, 0.25) is 0 Å². The van der Waals surface area contributed by atoms with Gasteiger partial charge in [-0.05, 0) is 36.4 Å². The molecule has 0 aromatic heterocycles. The lowest BCUT2D eigenvalue weighted by molar-refractivity contribution is 0.818. The van der Waals surface area contributed by atoms with Gasteiger partial charge in [-0.15, -0.1) is 0 Å². The van der Waals surface area contributed by atoms with Gasteiger partial charge in [-0.2, -0.15) is 0 Å². The van der Waals surface area contributed by atoms with Crippen molar-refractivity contribution in [3.63, 3.8) is 0 Å². The second kappa shape index (κ2) is 4.42. The minimum atomic E-state index is 0.628. The number of rotatable bonds is 2. The molecule has 1 aliphatic rings. The van der Waals surface area contributed by atoms with Crippen LogP contribution in [-0.2, 0) is 0 Å². The third-order valence-corrected chi connectivity index (χ3v) is 5.07. The number of hydrogen-bond acceptors (Lipinski definition) is 0. The Hall–Kier alpha value is -1.08. The Balaban J connectivity index is 2.34. The van der Waals surface area contributed by atoms with E-state index in [-0.39, 0.29) is 0 Å². The molecule has 0 aliphatic heterocycles. The van der Waals surface area contributed by atoms with Gasteiger partial charge in [0.1, 0.15) is 0 Å². The maximum absolute atomic E-state index is 2.40. The summed E-state index contributed by atoms with van der Waals surface area (Å²) in [6, 6.07) is 10.9. The lowest BCUT2D eigenvalue weighted by atomic mass is 9.94. The molecule has 1 heteroatoms. The average molecular weight is 228 g/mol. The smallest absolute Gasteiger partial charge is 0.0175 e. The van der Waals surface area contributed by atoms with Gasteiger partial charge < -0.3 is 0 Å². The molecule has 0 N–H and O–H groups in total. The molecule has 84 valence electrons. The van der Waals surface area contributed by atoms with Crippen molar-refractivity contribution in [2.75, 3.05) is 0 Å². The second-order valence-electron chi connectivity index (χ2n) is 4.85. The summed E-state index contributed by atoms with van der Waals surface area (Å²) in [5.74, 6) is 0.628. The van der Waals surface area contributed by atoms with Gasteiger partial charge in [0.15, 0.2) is 0 Å². The first-order valence-corrected chi connectivity index (χ1v) is 7.21. The van der Waals surface area contributed by atoms with Crippen molar-refractivity contribution in [1.82, 2.24) is 0 Å². The molecule has 1 aliphatic carbocycles. The molecule has 0 fully saturated rings. The zero-order chi connectivity index (χ0) is 11.7. The van der Waals surface area contributed by atoms with Crippen molar-refractivity contribution in [2.45, 2.75) is 26.3 Å². The Labute approximate surface area is 102 Å². The summed E-state index contributed by atoms with van der Waals surface area (Å²) in [4.78, 5) is 0. The van der Waals surface area contributed by atoms with Gasteiger partial charge in [-0.1, -0.05) is 54.5 Å². The Morgan fingerprint density at radius 2 is 1.75 bits per heavy atom. The van der Waals surface area contributed by atoms with E-state index in [2.05, 4.69) is 57.2 Å². The van der Waals surface area contributed by atoms with Crippen LogP contribution in [0.1, 0.15) is 31.9 Å². The normalized spacial score (nSPS) is 22.4. The summed E-state index contributed by atoms with van der Waals surface area (Å²) in [5.41, 5.74) is 6.80. The Morgan fingerprint density at radius 1 is 1.12 bits per heavy atom. The van der Waals surface area contributed by atoms with Crippen LogP contribution in [0, 0.1) is 5.92 Å². The highest BCUT2D eigenvalue weighted by Crippen LogP contribution is 2.38. The van der Waals surface area contributed by atoms with Crippen molar-refractivity contribution in [3.8, 4) is 0 Å². The summed E-state index contributed by atoms with van der Waals surface area (Å²) in [7, 11) is 1.20. The maximum atomic E-state index is 2.40. The SMILES string of the molecule is CC1=CC(C)C(C([SiH3])c2ccccc2)=C1C. The molecule has 0 heterocycles. The predicted molar refractivity (Wildman–Crippen MR) is 74.7 cm³/mol. The molecule has 0 radical (unpaired) electrons. The quantitative estimate of drug-likeness (QED) is 0.683. The first-order valence-electron chi connectivity index (χ1n) is 6.05. The Bertz CT molecular complexity index is 440. The first-order chi connectivity index (χ1) is 7.61. The summed E-state index contributed by atoms with van der Waals surface area (Å²) in [5, 5.41) is 0. The lowest BCUT2D eigenvalue weighted by Crippen LogP contribution is -2.07. The maximum Gasteiger partial charge on any atom is 0.0175 e. The fraction of sp³-hybridized carbons (Fsp3) is 0.333. The molecule has 0 saturated carbocycles. The third kappa shape index (κ3) is 1.92. The highest BCUT2D eigenvalue weighted by molar-refractivity contribution is 6.14. The molecular weight excluding hydrogens is 208 g/mol. The summed E-state index contributed by atoms with van der Waals surface area (Å²) >= 11 is 0. The highest BCUT2D eigenvalue weighted by atomic mass is 28.1. The van der Waals surface area contributed by atoms with Crippen LogP contribution in [-0.4, -0.2) is 10.2 Å². The lowest BCUT2D eigenvalue weighted by Gasteiger charge is -2.19. The largest absolute Gasteiger partial charge is 0.0744 e. The molecular formula is C15H20Si. The molecule has 0 saturated heterocycles. The fourth-order valence-corrected chi connectivity index (χ4v) is 4.14. The van der Waals surface area contributed by atoms with E-state index in [1.54, 1.807) is 5.57 Å². The average Bonchev–Trinajstić information content (AvgIpc) is 2.54. The predicted octanol–water partition coefficient (Wildman–Crippen LogP) is 3.01. The summed E-state index contributed by atoms with van der Waals surface area (Å²) in [6.07, 6.45) is 2.40. The fourth-order valence-electron chi connectivity index (χ4n) is 2.80. The molecule has 2 unspecified atom stereocenters. The standard InChI is InChI=1S/C15H20Si/c1-10-9-11(2)14(12(10)3)15(16)13-7-5-4-6-8-13/h4-9,11,15H,1-3,16H3. The van der Waals surface area contributed by atoms with Crippen LogP contribution >= 0.6 is 0 Å². The number of allylic oxidation sites excluding steroid dienone is 4. The molecule has 16 heavy (non-hydrogen) atoms. The van der Waals surface area contributed by atoms with E-state index in [9.17, 15) is 0 Å². The molecule has 0 bridgehead atoms. The molecule has 1 aromatic rings. The van der Waals surface area contributed by atoms with Crippen LogP contribution in [0.4, 0.5) is 0 Å².